The van der Waals surface area contributed by atoms with E-state index in [2.05, 4.69) is 79.4 Å². The van der Waals surface area contributed by atoms with Gasteiger partial charge in [-0.05, 0) is 51.7 Å². The summed E-state index contributed by atoms with van der Waals surface area (Å²) in [5.41, 5.74) is 1.77. The molecule has 2 aromatic rings. The molecule has 27 heavy (non-hydrogen) atoms. The van der Waals surface area contributed by atoms with Crippen molar-refractivity contribution >= 4 is 0 Å². The molecule has 3 nitrogen and oxygen atoms in total. The van der Waals surface area contributed by atoms with Crippen molar-refractivity contribution < 1.29 is 9.84 Å². The molecule has 0 spiro atoms. The second kappa shape index (κ2) is 10.0. The Labute approximate surface area is 165 Å². The smallest absolute Gasteiger partial charge is 0.0638 e. The Morgan fingerprint density at radius 1 is 0.778 bits per heavy atom. The quantitative estimate of drug-likeness (QED) is 0.603. The molecule has 0 aliphatic rings. The van der Waals surface area contributed by atoms with Crippen molar-refractivity contribution in [2.45, 2.75) is 64.8 Å². The second-order valence-electron chi connectivity index (χ2n) is 8.60. The van der Waals surface area contributed by atoms with Crippen LogP contribution in [0, 0.1) is 0 Å². The third-order valence-corrected chi connectivity index (χ3v) is 4.73. The van der Waals surface area contributed by atoms with Crippen molar-refractivity contribution in [1.82, 2.24) is 4.90 Å². The largest absolute Gasteiger partial charge is 0.390 e. The van der Waals surface area contributed by atoms with Crippen LogP contribution in [0.25, 0.3) is 0 Å². The van der Waals surface area contributed by atoms with Crippen molar-refractivity contribution in [1.29, 1.82) is 0 Å². The van der Waals surface area contributed by atoms with Gasteiger partial charge in [-0.25, -0.2) is 0 Å². The van der Waals surface area contributed by atoms with E-state index in [0.29, 0.717) is 13.0 Å². The van der Waals surface area contributed by atoms with Crippen LogP contribution in [-0.4, -0.2) is 34.4 Å². The van der Waals surface area contributed by atoms with Crippen LogP contribution in [0.5, 0.6) is 0 Å². The summed E-state index contributed by atoms with van der Waals surface area (Å²) in [5.74, 6) is 0. The highest BCUT2D eigenvalue weighted by atomic mass is 16.5. The van der Waals surface area contributed by atoms with Gasteiger partial charge in [-0.1, -0.05) is 60.7 Å². The fourth-order valence-corrected chi connectivity index (χ4v) is 2.97. The number of aliphatic hydroxyl groups is 1. The first-order valence-corrected chi connectivity index (χ1v) is 9.90. The molecule has 2 aromatic carbocycles. The summed E-state index contributed by atoms with van der Waals surface area (Å²) in [6.07, 6.45) is 1.59. The minimum atomic E-state index is -0.678. The first kappa shape index (κ1) is 21.6. The third-order valence-electron chi connectivity index (χ3n) is 4.73. The van der Waals surface area contributed by atoms with Gasteiger partial charge in [0.05, 0.1) is 17.8 Å². The predicted octanol–water partition coefficient (Wildman–Crippen LogP) is 5.04. The van der Waals surface area contributed by atoms with Crippen molar-refractivity contribution in [2.75, 3.05) is 13.2 Å². The highest BCUT2D eigenvalue weighted by Gasteiger charge is 2.22. The summed E-state index contributed by atoms with van der Waals surface area (Å²) in [7, 11) is 0. The van der Waals surface area contributed by atoms with Crippen molar-refractivity contribution in [3.8, 4) is 0 Å². The van der Waals surface area contributed by atoms with Crippen LogP contribution in [0.2, 0.25) is 0 Å². The van der Waals surface area contributed by atoms with Crippen molar-refractivity contribution in [2.24, 2.45) is 0 Å². The molecular formula is C24H35NO2. The van der Waals surface area contributed by atoms with Gasteiger partial charge in [0.2, 0.25) is 0 Å². The molecule has 0 amide bonds. The standard InChI is InChI=1S/C24H35NO2/c1-23(2,26)16-18-27-24(3,4)15-17-25(19-21-11-7-5-8-12-21)20-22-13-9-6-10-14-22/h5-14,26H,15-20H2,1-4H3. The summed E-state index contributed by atoms with van der Waals surface area (Å²) in [6.45, 7) is 11.3. The lowest BCUT2D eigenvalue weighted by atomic mass is 10.0. The molecule has 0 fully saturated rings. The molecular weight excluding hydrogens is 334 g/mol. The van der Waals surface area contributed by atoms with Crippen LogP contribution in [-0.2, 0) is 17.8 Å². The average Bonchev–Trinajstić information content (AvgIpc) is 2.60. The average molecular weight is 370 g/mol. The monoisotopic (exact) mass is 369 g/mol. The van der Waals surface area contributed by atoms with E-state index in [1.54, 1.807) is 0 Å². The molecule has 0 heterocycles. The van der Waals surface area contributed by atoms with Crippen LogP contribution in [0.1, 0.15) is 51.7 Å². The third kappa shape index (κ3) is 9.18. The van der Waals surface area contributed by atoms with Crippen molar-refractivity contribution in [3.63, 3.8) is 0 Å². The second-order valence-corrected chi connectivity index (χ2v) is 8.60. The van der Waals surface area contributed by atoms with Crippen LogP contribution in [0.4, 0.5) is 0 Å². The normalized spacial score (nSPS) is 12.5. The molecule has 2 rings (SSSR count). The zero-order valence-corrected chi connectivity index (χ0v) is 17.3. The minimum absolute atomic E-state index is 0.211. The number of hydrogen-bond donors (Lipinski definition) is 1. The molecule has 0 radical (unpaired) electrons. The molecule has 0 bridgehead atoms. The Hall–Kier alpha value is -1.68. The molecule has 0 atom stereocenters. The predicted molar refractivity (Wildman–Crippen MR) is 113 cm³/mol. The topological polar surface area (TPSA) is 32.7 Å². The number of ether oxygens (including phenoxy) is 1. The Morgan fingerprint density at radius 2 is 1.26 bits per heavy atom. The Kier molecular flexibility index (Phi) is 8.03. The lowest BCUT2D eigenvalue weighted by Gasteiger charge is -2.31. The first-order valence-electron chi connectivity index (χ1n) is 9.90. The zero-order chi connectivity index (χ0) is 19.8. The number of nitrogens with zero attached hydrogens (tertiary/aromatic N) is 1. The Balaban J connectivity index is 1.94. The van der Waals surface area contributed by atoms with Gasteiger partial charge in [0.25, 0.3) is 0 Å². The summed E-state index contributed by atoms with van der Waals surface area (Å²) in [4.78, 5) is 2.48. The number of benzene rings is 2. The summed E-state index contributed by atoms with van der Waals surface area (Å²) in [5, 5.41) is 9.87. The van der Waals surface area contributed by atoms with Gasteiger partial charge in [-0.2, -0.15) is 0 Å². The summed E-state index contributed by atoms with van der Waals surface area (Å²) in [6, 6.07) is 21.2. The van der Waals surface area contributed by atoms with Crippen LogP contribution in [0.3, 0.4) is 0 Å². The van der Waals surface area contributed by atoms with Gasteiger partial charge >= 0.3 is 0 Å². The lowest BCUT2D eigenvalue weighted by Crippen LogP contribution is -2.34. The molecule has 148 valence electrons. The fraction of sp³-hybridized carbons (Fsp3) is 0.500. The molecule has 0 saturated heterocycles. The van der Waals surface area contributed by atoms with Gasteiger partial charge < -0.3 is 9.84 Å². The summed E-state index contributed by atoms with van der Waals surface area (Å²) >= 11 is 0. The molecule has 0 unspecified atom stereocenters. The lowest BCUT2D eigenvalue weighted by molar-refractivity contribution is -0.0541. The minimum Gasteiger partial charge on any atom is -0.390 e. The van der Waals surface area contributed by atoms with E-state index in [-0.39, 0.29) is 5.60 Å². The van der Waals surface area contributed by atoms with E-state index in [1.165, 1.54) is 11.1 Å². The Bertz CT molecular complexity index is 606. The molecule has 0 saturated carbocycles. The first-order chi connectivity index (χ1) is 12.7. The van der Waals surface area contributed by atoms with Crippen LogP contribution in [0.15, 0.2) is 60.7 Å². The van der Waals surface area contributed by atoms with E-state index in [1.807, 2.05) is 13.8 Å². The van der Waals surface area contributed by atoms with Gasteiger partial charge in [-0.3, -0.25) is 4.90 Å². The van der Waals surface area contributed by atoms with Gasteiger partial charge in [0.1, 0.15) is 0 Å². The van der Waals surface area contributed by atoms with Crippen LogP contribution >= 0.6 is 0 Å². The maximum atomic E-state index is 9.87. The van der Waals surface area contributed by atoms with Gasteiger partial charge in [0, 0.05) is 19.6 Å². The van der Waals surface area contributed by atoms with Crippen LogP contribution < -0.4 is 0 Å². The van der Waals surface area contributed by atoms with Gasteiger partial charge in [0.15, 0.2) is 0 Å². The molecule has 1 N–H and O–H groups in total. The maximum absolute atomic E-state index is 9.87. The van der Waals surface area contributed by atoms with Crippen molar-refractivity contribution in [3.05, 3.63) is 71.8 Å². The highest BCUT2D eigenvalue weighted by Crippen LogP contribution is 2.19. The zero-order valence-electron chi connectivity index (χ0n) is 17.3. The van der Waals surface area contributed by atoms with E-state index in [0.717, 1.165) is 26.1 Å². The van der Waals surface area contributed by atoms with E-state index < -0.39 is 5.60 Å². The van der Waals surface area contributed by atoms with E-state index in [9.17, 15) is 5.11 Å². The van der Waals surface area contributed by atoms with E-state index >= 15 is 0 Å². The number of hydrogen-bond acceptors (Lipinski definition) is 3. The molecule has 0 aliphatic heterocycles. The fourth-order valence-electron chi connectivity index (χ4n) is 2.97. The Morgan fingerprint density at radius 3 is 1.70 bits per heavy atom. The molecule has 0 aliphatic carbocycles. The highest BCUT2D eigenvalue weighted by molar-refractivity contribution is 5.17. The molecule has 0 aromatic heterocycles. The summed E-state index contributed by atoms with van der Waals surface area (Å²) < 4.78 is 6.07. The van der Waals surface area contributed by atoms with Gasteiger partial charge in [-0.15, -0.1) is 0 Å². The van der Waals surface area contributed by atoms with E-state index in [4.69, 9.17) is 4.74 Å². The molecule has 3 heteroatoms. The maximum Gasteiger partial charge on any atom is 0.0638 e. The number of rotatable bonds is 11. The SMILES string of the molecule is CC(C)(O)CCOC(C)(C)CCN(Cc1ccccc1)Cc1ccccc1.